The highest BCUT2D eigenvalue weighted by atomic mass is 32.2. The van der Waals surface area contributed by atoms with Crippen molar-refractivity contribution in [1.29, 1.82) is 0 Å². The lowest BCUT2D eigenvalue weighted by Crippen LogP contribution is -2.40. The average molecular weight is 492 g/mol. The van der Waals surface area contributed by atoms with Gasteiger partial charge in [-0.2, -0.15) is 4.31 Å². The highest BCUT2D eigenvalue weighted by Gasteiger charge is 2.30. The summed E-state index contributed by atoms with van der Waals surface area (Å²) < 4.78 is 55.3. The molecule has 2 heterocycles. The van der Waals surface area contributed by atoms with Crippen LogP contribution in [0, 0.1) is 0 Å². The molecule has 0 saturated carbocycles. The molecule has 0 aliphatic carbocycles. The fourth-order valence-corrected chi connectivity index (χ4v) is 5.63. The number of fused-ring (bicyclic) bond motifs is 1. The van der Waals surface area contributed by atoms with Gasteiger partial charge in [-0.1, -0.05) is 0 Å². The third kappa shape index (κ3) is 4.98. The monoisotopic (exact) mass is 491 g/mol. The van der Waals surface area contributed by atoms with Crippen molar-refractivity contribution in [2.75, 3.05) is 40.0 Å². The van der Waals surface area contributed by atoms with Crippen molar-refractivity contribution >= 4 is 16.0 Å². The third-order valence-corrected chi connectivity index (χ3v) is 7.64. The molecule has 1 atom stereocenters. The number of hydrogen-bond donors (Lipinski definition) is 0. The minimum atomic E-state index is -3.87. The first kappa shape index (κ1) is 24.3. The number of carbonyl (C=O) groups is 1. The Hall–Kier alpha value is -2.82. The molecule has 0 spiro atoms. The van der Waals surface area contributed by atoms with Crippen LogP contribution in [0.3, 0.4) is 0 Å². The van der Waals surface area contributed by atoms with E-state index in [1.807, 2.05) is 26.0 Å². The van der Waals surface area contributed by atoms with Crippen molar-refractivity contribution in [3.8, 4) is 17.2 Å². The van der Waals surface area contributed by atoms with E-state index in [0.29, 0.717) is 31.1 Å². The van der Waals surface area contributed by atoms with Gasteiger partial charge in [-0.3, -0.25) is 0 Å². The molecular formula is C24H29NO8S. The fourth-order valence-electron chi connectivity index (χ4n) is 4.04. The van der Waals surface area contributed by atoms with Gasteiger partial charge >= 0.3 is 5.97 Å². The van der Waals surface area contributed by atoms with Gasteiger partial charge in [0.15, 0.2) is 0 Å². The minimum absolute atomic E-state index is 0.0449. The summed E-state index contributed by atoms with van der Waals surface area (Å²) in [5.74, 6) is 0.896. The molecule has 0 aromatic heterocycles. The maximum atomic E-state index is 13.2. The Morgan fingerprint density at radius 3 is 2.62 bits per heavy atom. The SMILES string of the molecule is CCOc1cc2c(cc1COC(=O)c1ccc(OC)c(S(=O)(=O)N3CCOCC3)c1)OC(C)C2. The predicted molar refractivity (Wildman–Crippen MR) is 123 cm³/mol. The zero-order valence-electron chi connectivity index (χ0n) is 19.5. The maximum absolute atomic E-state index is 13.2. The van der Waals surface area contributed by atoms with Gasteiger partial charge in [0.25, 0.3) is 0 Å². The van der Waals surface area contributed by atoms with Crippen LogP contribution in [0.25, 0.3) is 0 Å². The van der Waals surface area contributed by atoms with E-state index in [2.05, 4.69) is 0 Å². The standard InChI is InChI=1S/C24H29NO8S/c1-4-31-21-12-18-11-16(2)33-22(18)13-19(21)15-32-24(26)17-5-6-20(29-3)23(14-17)34(27,28)25-7-9-30-10-8-25/h5-6,12-14,16H,4,7-11,15H2,1-3H3. The van der Waals surface area contributed by atoms with Crippen molar-refractivity contribution in [3.05, 3.63) is 47.0 Å². The van der Waals surface area contributed by atoms with Gasteiger partial charge < -0.3 is 23.7 Å². The highest BCUT2D eigenvalue weighted by molar-refractivity contribution is 7.89. The van der Waals surface area contributed by atoms with Gasteiger partial charge in [-0.25, -0.2) is 13.2 Å². The van der Waals surface area contributed by atoms with Gasteiger partial charge in [0.2, 0.25) is 10.0 Å². The van der Waals surface area contributed by atoms with Crippen LogP contribution < -0.4 is 14.2 Å². The Morgan fingerprint density at radius 2 is 1.91 bits per heavy atom. The molecule has 1 saturated heterocycles. The van der Waals surface area contributed by atoms with Crippen LogP contribution in [-0.4, -0.2) is 64.8 Å². The van der Waals surface area contributed by atoms with E-state index < -0.39 is 16.0 Å². The van der Waals surface area contributed by atoms with Gasteiger partial charge in [0.1, 0.15) is 34.9 Å². The molecule has 9 nitrogen and oxygen atoms in total. The maximum Gasteiger partial charge on any atom is 0.338 e. The molecule has 2 aliphatic heterocycles. The third-order valence-electron chi connectivity index (χ3n) is 5.72. The Kier molecular flexibility index (Phi) is 7.30. The lowest BCUT2D eigenvalue weighted by molar-refractivity contribution is 0.0468. The Labute approximate surface area is 199 Å². The second-order valence-electron chi connectivity index (χ2n) is 8.09. The van der Waals surface area contributed by atoms with E-state index in [9.17, 15) is 13.2 Å². The molecular weight excluding hydrogens is 462 g/mol. The molecule has 4 rings (SSSR count). The van der Waals surface area contributed by atoms with E-state index in [1.165, 1.54) is 29.6 Å². The number of esters is 1. The smallest absolute Gasteiger partial charge is 0.338 e. The molecule has 2 aliphatic rings. The molecule has 34 heavy (non-hydrogen) atoms. The average Bonchev–Trinajstić information content (AvgIpc) is 3.21. The number of methoxy groups -OCH3 is 1. The number of morpholine rings is 1. The number of nitrogens with zero attached hydrogens (tertiary/aromatic N) is 1. The molecule has 2 aromatic carbocycles. The summed E-state index contributed by atoms with van der Waals surface area (Å²) in [4.78, 5) is 12.8. The van der Waals surface area contributed by atoms with Crippen LogP contribution in [0.5, 0.6) is 17.2 Å². The summed E-state index contributed by atoms with van der Waals surface area (Å²) in [5.41, 5.74) is 1.84. The van der Waals surface area contributed by atoms with Gasteiger partial charge in [-0.05, 0) is 44.2 Å². The van der Waals surface area contributed by atoms with Crippen LogP contribution in [0.1, 0.15) is 35.3 Å². The largest absolute Gasteiger partial charge is 0.495 e. The number of carbonyl (C=O) groups excluding carboxylic acids is 1. The Bertz CT molecular complexity index is 1160. The summed E-state index contributed by atoms with van der Waals surface area (Å²) in [7, 11) is -2.48. The summed E-state index contributed by atoms with van der Waals surface area (Å²) in [6.07, 6.45) is 0.871. The second-order valence-corrected chi connectivity index (χ2v) is 10.00. The molecule has 184 valence electrons. The minimum Gasteiger partial charge on any atom is -0.495 e. The van der Waals surface area contributed by atoms with Crippen molar-refractivity contribution in [2.45, 2.75) is 37.9 Å². The van der Waals surface area contributed by atoms with Crippen LogP contribution >= 0.6 is 0 Å². The molecule has 1 unspecified atom stereocenters. The normalized spacial score (nSPS) is 18.1. The topological polar surface area (TPSA) is 101 Å². The van der Waals surface area contributed by atoms with Gasteiger partial charge in [-0.15, -0.1) is 0 Å². The lowest BCUT2D eigenvalue weighted by atomic mass is 10.1. The summed E-state index contributed by atoms with van der Waals surface area (Å²) in [5, 5.41) is 0. The van der Waals surface area contributed by atoms with Crippen LogP contribution in [0.15, 0.2) is 35.2 Å². The van der Waals surface area contributed by atoms with Crippen molar-refractivity contribution in [1.82, 2.24) is 4.31 Å². The van der Waals surface area contributed by atoms with Crippen LogP contribution in [-0.2, 0) is 32.5 Å². The molecule has 10 heteroatoms. The van der Waals surface area contributed by atoms with Gasteiger partial charge in [0.05, 0.1) is 32.5 Å². The zero-order chi connectivity index (χ0) is 24.3. The summed E-state index contributed by atoms with van der Waals surface area (Å²) in [6.45, 7) is 5.40. The van der Waals surface area contributed by atoms with E-state index in [4.69, 9.17) is 23.7 Å². The molecule has 0 N–H and O–H groups in total. The molecule has 0 bridgehead atoms. The van der Waals surface area contributed by atoms with E-state index in [0.717, 1.165) is 17.7 Å². The van der Waals surface area contributed by atoms with Gasteiger partial charge in [0, 0.05) is 30.6 Å². The molecule has 0 amide bonds. The number of ether oxygens (including phenoxy) is 5. The highest BCUT2D eigenvalue weighted by Crippen LogP contribution is 2.36. The first-order valence-electron chi connectivity index (χ1n) is 11.2. The number of benzene rings is 2. The van der Waals surface area contributed by atoms with Crippen LogP contribution in [0.4, 0.5) is 0 Å². The van der Waals surface area contributed by atoms with E-state index in [1.54, 1.807) is 0 Å². The predicted octanol–water partition coefficient (Wildman–Crippen LogP) is 2.80. The van der Waals surface area contributed by atoms with E-state index in [-0.39, 0.29) is 42.0 Å². The lowest BCUT2D eigenvalue weighted by Gasteiger charge is -2.26. The Morgan fingerprint density at radius 1 is 1.15 bits per heavy atom. The number of sulfonamides is 1. The first-order valence-corrected chi connectivity index (χ1v) is 12.7. The number of rotatable bonds is 8. The Balaban J connectivity index is 1.55. The van der Waals surface area contributed by atoms with E-state index >= 15 is 0 Å². The van der Waals surface area contributed by atoms with Crippen molar-refractivity contribution in [3.63, 3.8) is 0 Å². The van der Waals surface area contributed by atoms with Crippen LogP contribution in [0.2, 0.25) is 0 Å². The zero-order valence-corrected chi connectivity index (χ0v) is 20.4. The second kappa shape index (κ2) is 10.2. The summed E-state index contributed by atoms with van der Waals surface area (Å²) in [6, 6.07) is 7.99. The van der Waals surface area contributed by atoms with Crippen molar-refractivity contribution in [2.24, 2.45) is 0 Å². The fraction of sp³-hybridized carbons (Fsp3) is 0.458. The quantitative estimate of drug-likeness (QED) is 0.520. The summed E-state index contributed by atoms with van der Waals surface area (Å²) >= 11 is 0. The molecule has 1 fully saturated rings. The molecule has 2 aromatic rings. The first-order chi connectivity index (χ1) is 16.3. The molecule has 0 radical (unpaired) electrons. The van der Waals surface area contributed by atoms with Crippen molar-refractivity contribution < 1.29 is 36.9 Å². The number of hydrogen-bond acceptors (Lipinski definition) is 8.